The van der Waals surface area contributed by atoms with Crippen LogP contribution in [-0.4, -0.2) is 284 Å². The van der Waals surface area contributed by atoms with E-state index in [2.05, 4.69) is 118 Å². The second kappa shape index (κ2) is 43.8. The molecule has 6 aromatic heterocycles. The van der Waals surface area contributed by atoms with Gasteiger partial charge in [0.05, 0.1) is 73.1 Å². The highest BCUT2D eigenvalue weighted by Crippen LogP contribution is 2.51. The number of carboxylic acid groups (broad SMARTS) is 2. The van der Waals surface area contributed by atoms with Crippen molar-refractivity contribution >= 4 is 94.9 Å². The maximum absolute atomic E-state index is 14.0. The van der Waals surface area contributed by atoms with E-state index in [4.69, 9.17) is 29.7 Å². The second-order valence-electron chi connectivity index (χ2n) is 40.8. The van der Waals surface area contributed by atoms with Crippen LogP contribution in [0.5, 0.6) is 0 Å². The Morgan fingerprint density at radius 3 is 1.49 bits per heavy atom. The van der Waals surface area contributed by atoms with Gasteiger partial charge in [0.1, 0.15) is 29.1 Å². The summed E-state index contributed by atoms with van der Waals surface area (Å²) < 4.78 is 23.1. The lowest BCUT2D eigenvalue weighted by Gasteiger charge is -2.43. The normalized spacial score (nSPS) is 24.5. The zero-order valence-electron chi connectivity index (χ0n) is 83.0. The average molecular weight is 1960 g/mol. The lowest BCUT2D eigenvalue weighted by atomic mass is 9.77. The number of hydrogen-bond acceptors (Lipinski definition) is 24. The van der Waals surface area contributed by atoms with Gasteiger partial charge in [0.15, 0.2) is 5.78 Å². The molecule has 0 saturated carbocycles. The van der Waals surface area contributed by atoms with Gasteiger partial charge in [-0.15, -0.1) is 0 Å². The summed E-state index contributed by atoms with van der Waals surface area (Å²) in [5.74, 6) is -1.02. The molecule has 3 saturated heterocycles. The number of carbonyl (C=O) groups excluding carboxylic acids is 8. The summed E-state index contributed by atoms with van der Waals surface area (Å²) in [5.41, 5.74) is 17.1. The Hall–Kier alpha value is -13.8. The minimum absolute atomic E-state index is 0.0125. The number of ketones is 1. The van der Waals surface area contributed by atoms with E-state index in [0.29, 0.717) is 166 Å². The largest absolute Gasteiger partial charge is 0.478 e. The van der Waals surface area contributed by atoms with Crippen LogP contribution in [0.2, 0.25) is 0 Å². The molecule has 3 aliphatic carbocycles. The highest BCUT2D eigenvalue weighted by Gasteiger charge is 2.56. The summed E-state index contributed by atoms with van der Waals surface area (Å²) in [7, 11) is 6.05. The molecule has 3 fully saturated rings. The Balaban J connectivity index is 0.000000149. The molecule has 12 atom stereocenters. The molecule has 752 valence electrons. The van der Waals surface area contributed by atoms with Gasteiger partial charge in [-0.05, 0) is 188 Å². The van der Waals surface area contributed by atoms with Gasteiger partial charge >= 0.3 is 18.0 Å². The van der Waals surface area contributed by atoms with E-state index >= 15 is 0 Å². The number of anilines is 3. The molecular formula is C111H127N17O16. The highest BCUT2D eigenvalue weighted by molar-refractivity contribution is 6.09. The number of likely N-dealkylation sites (N-methyl/N-ethyl adjacent to an activating group) is 3. The van der Waals surface area contributed by atoms with E-state index in [1.807, 2.05) is 151 Å². The van der Waals surface area contributed by atoms with Crippen molar-refractivity contribution in [2.45, 2.75) is 176 Å². The number of carboxylic acids is 2. The van der Waals surface area contributed by atoms with Crippen LogP contribution in [0.25, 0.3) is 18.2 Å². The van der Waals surface area contributed by atoms with Gasteiger partial charge in [0.2, 0.25) is 35.4 Å². The van der Waals surface area contributed by atoms with Gasteiger partial charge in [0.25, 0.3) is 0 Å². The van der Waals surface area contributed by atoms with E-state index in [0.717, 1.165) is 85.8 Å². The number of aromatic nitrogens is 6. The van der Waals surface area contributed by atoms with Crippen molar-refractivity contribution in [2.24, 2.45) is 11.7 Å². The summed E-state index contributed by atoms with van der Waals surface area (Å²) in [4.78, 5) is 169. The molecule has 13 heterocycles. The first kappa shape index (κ1) is 102. The first-order chi connectivity index (χ1) is 69.2. The molecule has 144 heavy (non-hydrogen) atoms. The molecule has 0 radical (unpaired) electrons. The van der Waals surface area contributed by atoms with E-state index in [1.54, 1.807) is 57.7 Å². The molecule has 10 aliphatic rings. The van der Waals surface area contributed by atoms with Crippen molar-refractivity contribution in [2.75, 3.05) is 136 Å². The molecule has 19 rings (SSSR count). The van der Waals surface area contributed by atoms with E-state index in [9.17, 15) is 58.2 Å². The Kier molecular flexibility index (Phi) is 30.9. The lowest BCUT2D eigenvalue weighted by molar-refractivity contribution is -0.142. The number of ether oxygens (including phenoxy) is 4. The zero-order valence-corrected chi connectivity index (χ0v) is 83.0. The molecule has 9 aromatic rings. The third kappa shape index (κ3) is 22.3. The summed E-state index contributed by atoms with van der Waals surface area (Å²) in [6.07, 6.45) is 24.8. The minimum Gasteiger partial charge on any atom is -0.478 e. The summed E-state index contributed by atoms with van der Waals surface area (Å²) in [5, 5.41) is 30.3. The van der Waals surface area contributed by atoms with Crippen molar-refractivity contribution in [3.63, 3.8) is 0 Å². The standard InChI is InChI=1S/C40H48N6O7.C36H39N5O4.C35H40N6O5/c1-25-30(27-11-7-6-8-12-27)20-32(43-38(51)53-39(2,3)4)35(47)46(25)14-13-45(5)15-17-52-16-9-10-26-18-31-34(42-23-26)44-37(50)40(31)21-28-19-29(36(48)49)24-41-33(28)22-40;1-23-29(25-8-4-3-5-9-25)17-26-18-32(42)28-16-27-19-36(20-31(27)37-22-28)30-15-24(21-38-33(30)39-35(36)44)7-6-13-45-14-12-40(2)10-11-41(23)34(26)43;1-22-27(24-8-4-3-5-9-24)17-29(36)32(42)41(22)11-10-40(2)12-14-46-13-6-7-23-15-28-31(38-20-23)39-34(45)35(28)18-25-16-26(33(43)44)21-37-30(25)19-35/h6-12,18-19,23-25,30,32H,13-17,20-22H2,1-5H3,(H,43,51)(H,48,49)(H,42,44,50);3-9,15-16,21-23,26,29H,10-14,17-20H2,1-2H3,(H,38,39,44);3-9,15-16,20-22,27,29H,10-14,17-19,36H2,1-2H3,(H,43,44)(H,38,39,45)/b10-9+;2*7-6+/t25?,30?,32?,40-;23?,26?,29?,36-;22?,27?,29?,35-/m000/s1. The summed E-state index contributed by atoms with van der Waals surface area (Å²) in [6.45, 7) is 20.4. The zero-order chi connectivity index (χ0) is 101. The van der Waals surface area contributed by atoms with Gasteiger partial charge in [-0.1, -0.05) is 127 Å². The maximum atomic E-state index is 14.0. The van der Waals surface area contributed by atoms with Gasteiger partial charge in [-0.3, -0.25) is 48.5 Å². The number of piperidine rings is 3. The van der Waals surface area contributed by atoms with Crippen LogP contribution >= 0.6 is 0 Å². The molecule has 8 N–H and O–H groups in total. The molecule has 33 heteroatoms. The van der Waals surface area contributed by atoms with Crippen LogP contribution < -0.4 is 27.0 Å². The van der Waals surface area contributed by atoms with Crippen molar-refractivity contribution < 1.29 is 77.1 Å². The van der Waals surface area contributed by atoms with Gasteiger partial charge in [0, 0.05) is 203 Å². The van der Waals surface area contributed by atoms with Crippen molar-refractivity contribution in [1.82, 2.24) is 64.6 Å². The van der Waals surface area contributed by atoms with E-state index < -0.39 is 57.9 Å². The quantitative estimate of drug-likeness (QED) is 0.0276. The number of nitrogens with one attached hydrogen (secondary N) is 4. The van der Waals surface area contributed by atoms with Crippen LogP contribution in [0.4, 0.5) is 22.2 Å². The Labute approximate surface area is 838 Å². The highest BCUT2D eigenvalue weighted by atomic mass is 16.6. The summed E-state index contributed by atoms with van der Waals surface area (Å²) >= 11 is 0. The first-order valence-corrected chi connectivity index (χ1v) is 49.7. The number of likely N-dealkylation sites (tertiary alicyclic amines) is 2. The van der Waals surface area contributed by atoms with E-state index in [-0.39, 0.29) is 94.7 Å². The molecule has 3 spiro atoms. The Morgan fingerprint density at radius 2 is 0.993 bits per heavy atom. The maximum Gasteiger partial charge on any atom is 0.408 e. The number of rotatable bonds is 24. The van der Waals surface area contributed by atoms with E-state index in [1.165, 1.54) is 23.5 Å². The Bertz CT molecular complexity index is 6440. The number of nitrogens with zero attached hydrogens (tertiary/aromatic N) is 12. The topological polar surface area (TPSA) is 419 Å². The SMILES string of the molecule is CC1C(c2ccccc2)CC(N)C(=O)N1CCN(C)CCOC/C=C/c1cnc2c(c1)[C@@]1(Cc3cc(C(=O)O)cnc3C1)C(=O)N2.CC1C(c2ccccc2)CC(NC(=O)OC(C)(C)C)C(=O)N1CCN(C)CCOC/C=C/c1cnc2c(c1)[C@@]1(Cc3cc(C(=O)O)cnc3C1)C(=O)N2.CC1C(c2ccccc2)CC2CC(=O)c3cnc4c(c3)C[C@@]3(C4)C(=O)Nc4ncc(cc43)/C=C/COCCN(C)CCN1C2=O. The van der Waals surface area contributed by atoms with Crippen molar-refractivity contribution in [3.8, 4) is 0 Å². The number of fused-ring (bicyclic) bond motifs is 10. The summed E-state index contributed by atoms with van der Waals surface area (Å²) in [6, 6.07) is 40.6. The number of amides is 7. The molecule has 3 aromatic carbocycles. The van der Waals surface area contributed by atoms with Crippen molar-refractivity contribution in [3.05, 3.63) is 283 Å². The van der Waals surface area contributed by atoms with Gasteiger partial charge < -0.3 is 85.6 Å². The molecular weight excluding hydrogens is 1830 g/mol. The fourth-order valence-corrected chi connectivity index (χ4v) is 22.0. The predicted octanol–water partition coefficient (Wildman–Crippen LogP) is 11.3. The third-order valence-electron chi connectivity index (χ3n) is 30.1. The van der Waals surface area contributed by atoms with Gasteiger partial charge in [-0.25, -0.2) is 29.3 Å². The van der Waals surface area contributed by atoms with Crippen LogP contribution in [0, 0.1) is 5.92 Å². The average Bonchev–Trinajstić information content (AvgIpc) is 1.57. The number of nitrogens with two attached hydrogens (primary N) is 1. The molecule has 7 amide bonds. The fourth-order valence-electron chi connectivity index (χ4n) is 22.0. The number of hydrogen-bond donors (Lipinski definition) is 7. The molecule has 7 bridgehead atoms. The Morgan fingerprint density at radius 1 is 0.535 bits per heavy atom. The number of alkyl carbamates (subject to hydrolysis) is 1. The number of aromatic carboxylic acids is 2. The smallest absolute Gasteiger partial charge is 0.408 e. The third-order valence-corrected chi connectivity index (χ3v) is 30.1. The molecule has 33 nitrogen and oxygen atoms in total. The number of carbonyl (C=O) groups is 10. The van der Waals surface area contributed by atoms with Crippen molar-refractivity contribution in [1.29, 1.82) is 0 Å². The van der Waals surface area contributed by atoms with Crippen LogP contribution in [0.1, 0.15) is 200 Å². The van der Waals surface area contributed by atoms with Gasteiger partial charge in [-0.2, -0.15) is 0 Å². The predicted molar refractivity (Wildman–Crippen MR) is 543 cm³/mol. The fraction of sp³-hybridized carbons (Fsp3) is 0.423. The van der Waals surface area contributed by atoms with Crippen LogP contribution in [0.3, 0.4) is 0 Å². The second-order valence-corrected chi connectivity index (χ2v) is 40.8. The minimum atomic E-state index is -1.05. The monoisotopic (exact) mass is 1950 g/mol. The molecule has 7 aliphatic heterocycles. The molecule has 9 unspecified atom stereocenters. The van der Waals surface area contributed by atoms with Crippen LogP contribution in [0.15, 0.2) is 183 Å². The number of pyridine rings is 6. The number of benzene rings is 3. The van der Waals surface area contributed by atoms with Crippen LogP contribution in [-0.2, 0) is 102 Å². The lowest BCUT2D eigenvalue weighted by Crippen LogP contribution is -2.59. The number of Topliss-reactive ketones (excluding diaryl/α,β-unsaturated/α-hetero) is 1. The first-order valence-electron chi connectivity index (χ1n) is 49.7.